The number of benzene rings is 2. The molecule has 0 spiro atoms. The molecule has 0 bridgehead atoms. The molecule has 0 radical (unpaired) electrons. The second kappa shape index (κ2) is 11.0. The van der Waals surface area contributed by atoms with Crippen molar-refractivity contribution in [1.29, 1.82) is 0 Å². The first kappa shape index (κ1) is 23.7. The van der Waals surface area contributed by atoms with Crippen molar-refractivity contribution in [3.8, 4) is 0 Å². The van der Waals surface area contributed by atoms with Crippen LogP contribution in [-0.2, 0) is 19.6 Å². The Labute approximate surface area is 190 Å². The first-order valence-corrected chi connectivity index (χ1v) is 11.5. The Kier molecular flexibility index (Phi) is 8.17. The minimum absolute atomic E-state index is 0.143. The van der Waals surface area contributed by atoms with Gasteiger partial charge in [0.2, 0.25) is 0 Å². The van der Waals surface area contributed by atoms with Gasteiger partial charge in [0.1, 0.15) is 0 Å². The molecule has 3 rings (SSSR count). The number of nitrogens with zero attached hydrogens (tertiary/aromatic N) is 3. The van der Waals surface area contributed by atoms with Crippen molar-refractivity contribution in [1.82, 2.24) is 20.0 Å². The van der Waals surface area contributed by atoms with Gasteiger partial charge in [0.05, 0.1) is 5.39 Å². The van der Waals surface area contributed by atoms with Gasteiger partial charge >= 0.3 is 0 Å². The second-order valence-corrected chi connectivity index (χ2v) is 8.59. The maximum Gasteiger partial charge on any atom is 0.274 e. The average Bonchev–Trinajstić information content (AvgIpc) is 2.80. The second-order valence-electron chi connectivity index (χ2n) is 8.59. The molecule has 1 amide bonds. The van der Waals surface area contributed by atoms with Gasteiger partial charge in [-0.15, -0.1) is 0 Å². The number of aryl methyl sites for hydroxylation is 1. The summed E-state index contributed by atoms with van der Waals surface area (Å²) in [5, 5.41) is 8.61. The summed E-state index contributed by atoms with van der Waals surface area (Å²) < 4.78 is 1.44. The molecular weight excluding hydrogens is 400 g/mol. The topological polar surface area (TPSA) is 67.2 Å². The number of rotatable bonds is 10. The quantitative estimate of drug-likeness (QED) is 0.482. The Morgan fingerprint density at radius 3 is 2.38 bits per heavy atom. The Bertz CT molecular complexity index is 1120. The maximum absolute atomic E-state index is 13.2. The van der Waals surface area contributed by atoms with Crippen LogP contribution < -0.4 is 10.9 Å². The van der Waals surface area contributed by atoms with Crippen LogP contribution in [0.2, 0.25) is 0 Å². The molecule has 32 heavy (non-hydrogen) atoms. The minimum Gasteiger partial charge on any atom is -0.347 e. The standard InChI is InChI=1S/C26H34N4O2/c1-5-6-11-16-30-26(32)23-15-10-9-14-22(23)24(28-30)25(31)27-17-20-12-7-8-13-21(20)18-29(4)19(2)3/h7-10,12-15,19H,5-6,11,16-18H2,1-4H3,(H,27,31). The fourth-order valence-electron chi connectivity index (χ4n) is 3.66. The molecule has 6 nitrogen and oxygen atoms in total. The van der Waals surface area contributed by atoms with Crippen LogP contribution in [0.25, 0.3) is 10.8 Å². The molecule has 3 aromatic rings. The summed E-state index contributed by atoms with van der Waals surface area (Å²) >= 11 is 0. The molecular formula is C26H34N4O2. The fraction of sp³-hybridized carbons (Fsp3) is 0.423. The van der Waals surface area contributed by atoms with Gasteiger partial charge in [-0.1, -0.05) is 62.2 Å². The molecule has 1 heterocycles. The molecule has 0 saturated carbocycles. The number of unbranched alkanes of at least 4 members (excludes halogenated alkanes) is 2. The van der Waals surface area contributed by atoms with Gasteiger partial charge in [-0.05, 0) is 44.5 Å². The molecule has 0 saturated heterocycles. The largest absolute Gasteiger partial charge is 0.347 e. The third-order valence-corrected chi connectivity index (χ3v) is 5.92. The summed E-state index contributed by atoms with van der Waals surface area (Å²) in [5.41, 5.74) is 2.42. The van der Waals surface area contributed by atoms with E-state index >= 15 is 0 Å². The van der Waals surface area contributed by atoms with E-state index in [0.29, 0.717) is 35.6 Å². The van der Waals surface area contributed by atoms with Gasteiger partial charge in [0, 0.05) is 31.1 Å². The van der Waals surface area contributed by atoms with Crippen LogP contribution in [0.1, 0.15) is 61.6 Å². The van der Waals surface area contributed by atoms with Crippen molar-refractivity contribution >= 4 is 16.7 Å². The first-order valence-electron chi connectivity index (χ1n) is 11.5. The first-order chi connectivity index (χ1) is 15.4. The van der Waals surface area contributed by atoms with Crippen LogP contribution in [0.5, 0.6) is 0 Å². The van der Waals surface area contributed by atoms with Crippen molar-refractivity contribution in [2.75, 3.05) is 7.05 Å². The van der Waals surface area contributed by atoms with E-state index in [-0.39, 0.29) is 11.5 Å². The summed E-state index contributed by atoms with van der Waals surface area (Å²) in [6.45, 7) is 8.18. The molecule has 0 aliphatic heterocycles. The lowest BCUT2D eigenvalue weighted by Crippen LogP contribution is -2.31. The molecule has 2 aromatic carbocycles. The number of amides is 1. The highest BCUT2D eigenvalue weighted by Gasteiger charge is 2.17. The zero-order valence-electron chi connectivity index (χ0n) is 19.6. The number of carbonyl (C=O) groups is 1. The van der Waals surface area contributed by atoms with Crippen LogP contribution >= 0.6 is 0 Å². The molecule has 170 valence electrons. The third-order valence-electron chi connectivity index (χ3n) is 5.92. The van der Waals surface area contributed by atoms with E-state index < -0.39 is 0 Å². The molecule has 1 N–H and O–H groups in total. The van der Waals surface area contributed by atoms with E-state index in [4.69, 9.17) is 0 Å². The highest BCUT2D eigenvalue weighted by Crippen LogP contribution is 2.16. The molecule has 0 aliphatic rings. The van der Waals surface area contributed by atoms with E-state index in [9.17, 15) is 9.59 Å². The fourth-order valence-corrected chi connectivity index (χ4v) is 3.66. The Hall–Kier alpha value is -2.99. The van der Waals surface area contributed by atoms with Gasteiger partial charge < -0.3 is 5.32 Å². The molecule has 1 aromatic heterocycles. The number of hydrogen-bond acceptors (Lipinski definition) is 4. The van der Waals surface area contributed by atoms with Crippen molar-refractivity contribution in [2.24, 2.45) is 0 Å². The summed E-state index contributed by atoms with van der Waals surface area (Å²) in [7, 11) is 2.10. The van der Waals surface area contributed by atoms with Gasteiger partial charge in [-0.3, -0.25) is 14.5 Å². The molecule has 0 unspecified atom stereocenters. The van der Waals surface area contributed by atoms with E-state index in [1.54, 1.807) is 12.1 Å². The van der Waals surface area contributed by atoms with Crippen LogP contribution in [0.3, 0.4) is 0 Å². The zero-order chi connectivity index (χ0) is 23.1. The summed E-state index contributed by atoms with van der Waals surface area (Å²) in [6, 6.07) is 15.8. The Balaban J connectivity index is 1.85. The highest BCUT2D eigenvalue weighted by atomic mass is 16.2. The summed E-state index contributed by atoms with van der Waals surface area (Å²) in [5.74, 6) is -0.266. The van der Waals surface area contributed by atoms with Gasteiger partial charge in [0.15, 0.2) is 5.69 Å². The van der Waals surface area contributed by atoms with E-state index in [2.05, 4.69) is 49.2 Å². The number of carbonyl (C=O) groups excluding carboxylic acids is 1. The third kappa shape index (κ3) is 5.62. The van der Waals surface area contributed by atoms with E-state index in [1.807, 2.05) is 30.3 Å². The average molecular weight is 435 g/mol. The normalized spacial score (nSPS) is 11.4. The number of nitrogens with one attached hydrogen (secondary N) is 1. The summed E-state index contributed by atoms with van der Waals surface area (Å²) in [4.78, 5) is 28.3. The highest BCUT2D eigenvalue weighted by molar-refractivity contribution is 6.04. The van der Waals surface area contributed by atoms with Crippen LogP contribution in [0, 0.1) is 0 Å². The van der Waals surface area contributed by atoms with Crippen LogP contribution in [0.4, 0.5) is 0 Å². The molecule has 6 heteroatoms. The maximum atomic E-state index is 13.2. The lowest BCUT2D eigenvalue weighted by Gasteiger charge is -2.22. The van der Waals surface area contributed by atoms with Gasteiger partial charge in [-0.2, -0.15) is 5.10 Å². The van der Waals surface area contributed by atoms with Gasteiger partial charge in [-0.25, -0.2) is 4.68 Å². The SMILES string of the molecule is CCCCCn1nc(C(=O)NCc2ccccc2CN(C)C(C)C)c2ccccc2c1=O. The minimum atomic E-state index is -0.266. The van der Waals surface area contributed by atoms with E-state index in [1.165, 1.54) is 10.2 Å². The Morgan fingerprint density at radius 1 is 1.03 bits per heavy atom. The molecule has 0 atom stereocenters. The smallest absolute Gasteiger partial charge is 0.274 e. The Morgan fingerprint density at radius 2 is 1.69 bits per heavy atom. The predicted octanol–water partition coefficient (Wildman–Crippen LogP) is 4.36. The number of aromatic nitrogens is 2. The molecule has 0 fully saturated rings. The van der Waals surface area contributed by atoms with Crippen LogP contribution in [0.15, 0.2) is 53.3 Å². The van der Waals surface area contributed by atoms with Crippen molar-refractivity contribution in [2.45, 2.75) is 65.7 Å². The van der Waals surface area contributed by atoms with Crippen molar-refractivity contribution < 1.29 is 4.79 Å². The number of fused-ring (bicyclic) bond motifs is 1. The molecule has 0 aliphatic carbocycles. The van der Waals surface area contributed by atoms with Crippen LogP contribution in [-0.4, -0.2) is 33.7 Å². The van der Waals surface area contributed by atoms with Gasteiger partial charge in [0.25, 0.3) is 11.5 Å². The summed E-state index contributed by atoms with van der Waals surface area (Å²) in [6.07, 6.45) is 2.94. The van der Waals surface area contributed by atoms with Crippen molar-refractivity contribution in [3.63, 3.8) is 0 Å². The van der Waals surface area contributed by atoms with E-state index in [0.717, 1.165) is 31.4 Å². The lowest BCUT2D eigenvalue weighted by molar-refractivity contribution is 0.0945. The predicted molar refractivity (Wildman–Crippen MR) is 130 cm³/mol. The van der Waals surface area contributed by atoms with Crippen molar-refractivity contribution in [3.05, 3.63) is 75.7 Å². The number of hydrogen-bond donors (Lipinski definition) is 1. The zero-order valence-corrected chi connectivity index (χ0v) is 19.6. The monoisotopic (exact) mass is 434 g/mol. The lowest BCUT2D eigenvalue weighted by atomic mass is 10.1.